The van der Waals surface area contributed by atoms with Crippen LogP contribution in [0.5, 0.6) is 5.75 Å². The molecule has 1 fully saturated rings. The number of hydrogen-bond acceptors (Lipinski definition) is 3. The van der Waals surface area contributed by atoms with Crippen molar-refractivity contribution < 1.29 is 9.47 Å². The Morgan fingerprint density at radius 1 is 1.28 bits per heavy atom. The molecular weight excluding hydrogens is 226 g/mol. The van der Waals surface area contributed by atoms with Crippen LogP contribution in [0.1, 0.15) is 18.4 Å². The van der Waals surface area contributed by atoms with Crippen molar-refractivity contribution in [1.82, 2.24) is 0 Å². The second-order valence-electron chi connectivity index (χ2n) is 5.07. The number of hydrogen-bond donors (Lipinski definition) is 1. The molecule has 2 N–H and O–H groups in total. The molecule has 0 saturated carbocycles. The van der Waals surface area contributed by atoms with E-state index in [9.17, 15) is 0 Å². The molecule has 1 saturated heterocycles. The number of aryl methyl sites for hydroxylation is 1. The Hall–Kier alpha value is -1.06. The van der Waals surface area contributed by atoms with Crippen LogP contribution in [0.15, 0.2) is 24.3 Å². The van der Waals surface area contributed by atoms with Gasteiger partial charge in [-0.1, -0.05) is 17.7 Å². The molecule has 1 atom stereocenters. The molecule has 0 aromatic heterocycles. The van der Waals surface area contributed by atoms with Gasteiger partial charge in [-0.3, -0.25) is 0 Å². The first-order valence-electron chi connectivity index (χ1n) is 6.77. The van der Waals surface area contributed by atoms with Gasteiger partial charge in [0, 0.05) is 19.1 Å². The third-order valence-electron chi connectivity index (χ3n) is 3.72. The van der Waals surface area contributed by atoms with Crippen LogP contribution in [-0.2, 0) is 4.74 Å². The van der Waals surface area contributed by atoms with Gasteiger partial charge in [-0.05, 0) is 44.4 Å². The fourth-order valence-electron chi connectivity index (χ4n) is 2.42. The highest BCUT2D eigenvalue weighted by Crippen LogP contribution is 2.24. The van der Waals surface area contributed by atoms with Crippen LogP contribution in [0.2, 0.25) is 0 Å². The van der Waals surface area contributed by atoms with Crippen LogP contribution < -0.4 is 10.5 Å². The first kappa shape index (κ1) is 13.4. The maximum Gasteiger partial charge on any atom is 0.119 e. The summed E-state index contributed by atoms with van der Waals surface area (Å²) < 4.78 is 11.2. The molecule has 1 aromatic rings. The molecule has 2 rings (SSSR count). The van der Waals surface area contributed by atoms with Crippen LogP contribution in [0.3, 0.4) is 0 Å². The average molecular weight is 249 g/mol. The lowest BCUT2D eigenvalue weighted by Gasteiger charge is -2.29. The fourth-order valence-corrected chi connectivity index (χ4v) is 2.42. The van der Waals surface area contributed by atoms with Crippen LogP contribution in [-0.4, -0.2) is 26.4 Å². The Kier molecular flexibility index (Phi) is 5.02. The van der Waals surface area contributed by atoms with E-state index in [1.165, 1.54) is 5.56 Å². The Morgan fingerprint density at radius 2 is 1.94 bits per heavy atom. The third-order valence-corrected chi connectivity index (χ3v) is 3.72. The second-order valence-corrected chi connectivity index (χ2v) is 5.07. The van der Waals surface area contributed by atoms with E-state index in [0.717, 1.165) is 31.8 Å². The first-order valence-corrected chi connectivity index (χ1v) is 6.77. The van der Waals surface area contributed by atoms with Crippen molar-refractivity contribution in [3.8, 4) is 5.75 Å². The second kappa shape index (κ2) is 6.76. The van der Waals surface area contributed by atoms with Gasteiger partial charge in [0.2, 0.25) is 0 Å². The topological polar surface area (TPSA) is 44.5 Å². The maximum atomic E-state index is 5.87. The standard InChI is InChI=1S/C15H23NO2/c1-12-2-4-15(5-3-12)18-11-14(10-16)13-6-8-17-9-7-13/h2-5,13-14H,6-11,16H2,1H3. The Labute approximate surface area is 109 Å². The molecular formula is C15H23NO2. The Morgan fingerprint density at radius 3 is 2.56 bits per heavy atom. The molecule has 1 unspecified atom stereocenters. The van der Waals surface area contributed by atoms with Gasteiger partial charge in [0.05, 0.1) is 6.61 Å². The Bertz CT molecular complexity index is 344. The zero-order chi connectivity index (χ0) is 12.8. The zero-order valence-corrected chi connectivity index (χ0v) is 11.1. The highest BCUT2D eigenvalue weighted by atomic mass is 16.5. The van der Waals surface area contributed by atoms with E-state index < -0.39 is 0 Å². The van der Waals surface area contributed by atoms with Gasteiger partial charge < -0.3 is 15.2 Å². The van der Waals surface area contributed by atoms with Crippen molar-refractivity contribution in [3.63, 3.8) is 0 Å². The summed E-state index contributed by atoms with van der Waals surface area (Å²) >= 11 is 0. The van der Waals surface area contributed by atoms with Crippen LogP contribution in [0.4, 0.5) is 0 Å². The number of ether oxygens (including phenoxy) is 2. The molecule has 3 nitrogen and oxygen atoms in total. The molecule has 0 radical (unpaired) electrons. The van der Waals surface area contributed by atoms with E-state index in [1.807, 2.05) is 12.1 Å². The zero-order valence-electron chi connectivity index (χ0n) is 11.1. The first-order chi connectivity index (χ1) is 8.79. The lowest BCUT2D eigenvalue weighted by molar-refractivity contribution is 0.0381. The minimum atomic E-state index is 0.440. The predicted molar refractivity (Wildman–Crippen MR) is 72.8 cm³/mol. The quantitative estimate of drug-likeness (QED) is 0.871. The van der Waals surface area contributed by atoms with Crippen LogP contribution in [0.25, 0.3) is 0 Å². The molecule has 0 bridgehead atoms. The number of rotatable bonds is 5. The molecule has 1 aliphatic rings. The van der Waals surface area contributed by atoms with Gasteiger partial charge in [-0.2, -0.15) is 0 Å². The van der Waals surface area contributed by atoms with Crippen molar-refractivity contribution in [2.45, 2.75) is 19.8 Å². The van der Waals surface area contributed by atoms with E-state index in [-0.39, 0.29) is 0 Å². The fraction of sp³-hybridized carbons (Fsp3) is 0.600. The minimum absolute atomic E-state index is 0.440. The predicted octanol–water partition coefficient (Wildman–Crippen LogP) is 2.38. The molecule has 0 amide bonds. The summed E-state index contributed by atoms with van der Waals surface area (Å²) in [4.78, 5) is 0. The van der Waals surface area contributed by atoms with E-state index in [4.69, 9.17) is 15.2 Å². The summed E-state index contributed by atoms with van der Waals surface area (Å²) in [5, 5.41) is 0. The van der Waals surface area contributed by atoms with Crippen molar-refractivity contribution in [3.05, 3.63) is 29.8 Å². The lowest BCUT2D eigenvalue weighted by Crippen LogP contribution is -2.32. The SMILES string of the molecule is Cc1ccc(OCC(CN)C2CCOCC2)cc1. The van der Waals surface area contributed by atoms with E-state index in [2.05, 4.69) is 19.1 Å². The smallest absolute Gasteiger partial charge is 0.119 e. The lowest BCUT2D eigenvalue weighted by atomic mass is 9.86. The van der Waals surface area contributed by atoms with Crippen molar-refractivity contribution >= 4 is 0 Å². The van der Waals surface area contributed by atoms with Crippen LogP contribution >= 0.6 is 0 Å². The van der Waals surface area contributed by atoms with E-state index >= 15 is 0 Å². The summed E-state index contributed by atoms with van der Waals surface area (Å²) in [6.07, 6.45) is 2.22. The van der Waals surface area contributed by atoms with Gasteiger partial charge in [0.1, 0.15) is 5.75 Å². The van der Waals surface area contributed by atoms with Gasteiger partial charge in [0.15, 0.2) is 0 Å². The molecule has 0 aliphatic carbocycles. The van der Waals surface area contributed by atoms with E-state index in [0.29, 0.717) is 25.0 Å². The summed E-state index contributed by atoms with van der Waals surface area (Å²) in [5.41, 5.74) is 7.12. The number of nitrogens with two attached hydrogens (primary N) is 1. The molecule has 1 heterocycles. The summed E-state index contributed by atoms with van der Waals surface area (Å²) in [5.74, 6) is 2.02. The third kappa shape index (κ3) is 3.72. The molecule has 18 heavy (non-hydrogen) atoms. The van der Waals surface area contributed by atoms with Gasteiger partial charge in [-0.25, -0.2) is 0 Å². The van der Waals surface area contributed by atoms with Crippen molar-refractivity contribution in [2.75, 3.05) is 26.4 Å². The molecule has 1 aromatic carbocycles. The number of benzene rings is 1. The molecule has 1 aliphatic heterocycles. The largest absolute Gasteiger partial charge is 0.493 e. The van der Waals surface area contributed by atoms with Gasteiger partial charge in [0.25, 0.3) is 0 Å². The molecule has 0 spiro atoms. The highest BCUT2D eigenvalue weighted by molar-refractivity contribution is 5.26. The van der Waals surface area contributed by atoms with Crippen LogP contribution in [0, 0.1) is 18.8 Å². The van der Waals surface area contributed by atoms with Crippen molar-refractivity contribution in [2.24, 2.45) is 17.6 Å². The minimum Gasteiger partial charge on any atom is -0.493 e. The summed E-state index contributed by atoms with van der Waals surface area (Å²) in [6.45, 7) is 5.21. The van der Waals surface area contributed by atoms with Gasteiger partial charge in [-0.15, -0.1) is 0 Å². The van der Waals surface area contributed by atoms with E-state index in [1.54, 1.807) is 0 Å². The average Bonchev–Trinajstić information content (AvgIpc) is 2.43. The van der Waals surface area contributed by atoms with Crippen molar-refractivity contribution in [1.29, 1.82) is 0 Å². The maximum absolute atomic E-state index is 5.87. The Balaban J connectivity index is 1.84. The molecule has 3 heteroatoms. The summed E-state index contributed by atoms with van der Waals surface area (Å²) in [7, 11) is 0. The monoisotopic (exact) mass is 249 g/mol. The van der Waals surface area contributed by atoms with Gasteiger partial charge >= 0.3 is 0 Å². The normalized spacial score (nSPS) is 18.6. The highest BCUT2D eigenvalue weighted by Gasteiger charge is 2.23. The summed E-state index contributed by atoms with van der Waals surface area (Å²) in [6, 6.07) is 8.18. The molecule has 100 valence electrons.